The number of allylic oxidation sites excluding steroid dienone is 6. The van der Waals surface area contributed by atoms with Crippen molar-refractivity contribution in [3.05, 3.63) is 85.0 Å². The molecule has 0 aliphatic carbocycles. The first-order valence-corrected chi connectivity index (χ1v) is 5.80. The van der Waals surface area contributed by atoms with Gasteiger partial charge in [-0.2, -0.15) is 0 Å². The largest absolute Gasteiger partial charge is 0.0991 e. The summed E-state index contributed by atoms with van der Waals surface area (Å²) in [5.74, 6) is 0. The van der Waals surface area contributed by atoms with Crippen LogP contribution >= 0.6 is 0 Å². The zero-order valence-corrected chi connectivity index (χ0v) is 10.7. The molecule has 0 aliphatic heterocycles. The average Bonchev–Trinajstić information content (AvgIpc) is 2.35. The minimum absolute atomic E-state index is 0.0328. The summed E-state index contributed by atoms with van der Waals surface area (Å²) in [5, 5.41) is 0. The first kappa shape index (κ1) is 13.2. The summed E-state index contributed by atoms with van der Waals surface area (Å²) < 4.78 is 0. The Bertz CT molecular complexity index is 430. The number of rotatable bonds is 5. The third kappa shape index (κ3) is 3.32. The zero-order chi connectivity index (χ0) is 12.7. The number of benzene rings is 1. The lowest BCUT2D eigenvalue weighted by Gasteiger charge is -2.27. The summed E-state index contributed by atoms with van der Waals surface area (Å²) in [6.45, 7) is 11.9. The van der Waals surface area contributed by atoms with Crippen molar-refractivity contribution in [1.82, 2.24) is 0 Å². The van der Waals surface area contributed by atoms with Gasteiger partial charge in [0, 0.05) is 5.41 Å². The van der Waals surface area contributed by atoms with Gasteiger partial charge in [0.15, 0.2) is 0 Å². The molecule has 0 unspecified atom stereocenters. The molecule has 0 fully saturated rings. The van der Waals surface area contributed by atoms with Crippen molar-refractivity contribution in [3.8, 4) is 0 Å². The van der Waals surface area contributed by atoms with E-state index in [2.05, 4.69) is 57.3 Å². The predicted molar refractivity (Wildman–Crippen MR) is 77.1 cm³/mol. The maximum absolute atomic E-state index is 3.78. The monoisotopic (exact) mass is 224 g/mol. The molecular weight excluding hydrogens is 204 g/mol. The predicted octanol–water partition coefficient (Wildman–Crippen LogP) is 4.82. The molecule has 0 saturated carbocycles. The van der Waals surface area contributed by atoms with Crippen molar-refractivity contribution in [2.24, 2.45) is 0 Å². The van der Waals surface area contributed by atoms with Gasteiger partial charge in [-0.05, 0) is 11.1 Å². The fourth-order valence-corrected chi connectivity index (χ4v) is 1.79. The highest BCUT2D eigenvalue weighted by atomic mass is 14.3. The maximum atomic E-state index is 3.78. The van der Waals surface area contributed by atoms with Crippen LogP contribution in [0.5, 0.6) is 0 Å². The van der Waals surface area contributed by atoms with Gasteiger partial charge in [-0.1, -0.05) is 87.7 Å². The lowest BCUT2D eigenvalue weighted by atomic mass is 9.77. The quantitative estimate of drug-likeness (QED) is 0.629. The molecule has 0 amide bonds. The highest BCUT2D eigenvalue weighted by molar-refractivity contribution is 5.42. The molecule has 88 valence electrons. The summed E-state index contributed by atoms with van der Waals surface area (Å²) in [7, 11) is 0. The normalized spacial score (nSPS) is 12.7. The molecule has 0 aromatic heterocycles. The van der Waals surface area contributed by atoms with E-state index in [-0.39, 0.29) is 5.41 Å². The number of hydrogen-bond acceptors (Lipinski definition) is 0. The Kier molecular flexibility index (Phi) is 4.71. The first-order valence-electron chi connectivity index (χ1n) is 5.80. The second-order valence-corrected chi connectivity index (χ2v) is 4.44. The highest BCUT2D eigenvalue weighted by Gasteiger charge is 2.22. The fourth-order valence-electron chi connectivity index (χ4n) is 1.79. The van der Waals surface area contributed by atoms with E-state index in [0.29, 0.717) is 0 Å². The van der Waals surface area contributed by atoms with Gasteiger partial charge >= 0.3 is 0 Å². The van der Waals surface area contributed by atoms with Crippen LogP contribution in [0.15, 0.2) is 79.4 Å². The second kappa shape index (κ2) is 6.05. The summed E-state index contributed by atoms with van der Waals surface area (Å²) >= 11 is 0. The van der Waals surface area contributed by atoms with Gasteiger partial charge in [-0.3, -0.25) is 0 Å². The molecule has 0 spiro atoms. The SMILES string of the molecule is C=C/C=C\C(=C/C=C)C(C)(C)c1ccccc1. The lowest BCUT2D eigenvalue weighted by molar-refractivity contribution is 0.639. The van der Waals surface area contributed by atoms with Gasteiger partial charge in [-0.15, -0.1) is 0 Å². The summed E-state index contributed by atoms with van der Waals surface area (Å²) in [6.07, 6.45) is 9.71. The Morgan fingerprint density at radius 2 is 1.71 bits per heavy atom. The van der Waals surface area contributed by atoms with Crippen LogP contribution in [0.1, 0.15) is 19.4 Å². The molecule has 1 aromatic carbocycles. The molecule has 17 heavy (non-hydrogen) atoms. The fraction of sp³-hybridized carbons (Fsp3) is 0.176. The van der Waals surface area contributed by atoms with E-state index in [9.17, 15) is 0 Å². The molecule has 0 N–H and O–H groups in total. The van der Waals surface area contributed by atoms with Gasteiger partial charge in [-0.25, -0.2) is 0 Å². The Hall–Kier alpha value is -1.82. The van der Waals surface area contributed by atoms with Gasteiger partial charge in [0.1, 0.15) is 0 Å². The minimum Gasteiger partial charge on any atom is -0.0991 e. The maximum Gasteiger partial charge on any atom is 0.0146 e. The van der Waals surface area contributed by atoms with E-state index in [1.807, 2.05) is 24.3 Å². The highest BCUT2D eigenvalue weighted by Crippen LogP contribution is 2.32. The molecule has 0 saturated heterocycles. The smallest absolute Gasteiger partial charge is 0.0146 e. The molecule has 0 radical (unpaired) electrons. The molecule has 0 bridgehead atoms. The molecule has 0 atom stereocenters. The van der Waals surface area contributed by atoms with Crippen LogP contribution in [0.3, 0.4) is 0 Å². The van der Waals surface area contributed by atoms with E-state index in [0.717, 1.165) is 0 Å². The molecule has 0 aliphatic rings. The van der Waals surface area contributed by atoms with Crippen LogP contribution in [0.2, 0.25) is 0 Å². The number of hydrogen-bond donors (Lipinski definition) is 0. The van der Waals surface area contributed by atoms with Crippen molar-refractivity contribution in [3.63, 3.8) is 0 Å². The van der Waals surface area contributed by atoms with Crippen LogP contribution in [-0.4, -0.2) is 0 Å². The van der Waals surface area contributed by atoms with Crippen LogP contribution < -0.4 is 0 Å². The Balaban J connectivity index is 3.17. The van der Waals surface area contributed by atoms with E-state index >= 15 is 0 Å². The summed E-state index contributed by atoms with van der Waals surface area (Å²) in [5.41, 5.74) is 2.48. The average molecular weight is 224 g/mol. The topological polar surface area (TPSA) is 0 Å². The van der Waals surface area contributed by atoms with Crippen LogP contribution in [-0.2, 0) is 5.41 Å². The van der Waals surface area contributed by atoms with Crippen LogP contribution in [0, 0.1) is 0 Å². The van der Waals surface area contributed by atoms with E-state index in [1.165, 1.54) is 11.1 Å². The first-order chi connectivity index (χ1) is 8.12. The van der Waals surface area contributed by atoms with E-state index in [1.54, 1.807) is 6.08 Å². The minimum atomic E-state index is -0.0328. The van der Waals surface area contributed by atoms with Crippen molar-refractivity contribution in [2.75, 3.05) is 0 Å². The van der Waals surface area contributed by atoms with Crippen LogP contribution in [0.4, 0.5) is 0 Å². The molecule has 1 aromatic rings. The molecular formula is C17H20. The van der Waals surface area contributed by atoms with Gasteiger partial charge in [0.25, 0.3) is 0 Å². The molecule has 0 heteroatoms. The summed E-state index contributed by atoms with van der Waals surface area (Å²) in [4.78, 5) is 0. The van der Waals surface area contributed by atoms with Crippen molar-refractivity contribution < 1.29 is 0 Å². The van der Waals surface area contributed by atoms with Gasteiger partial charge < -0.3 is 0 Å². The standard InChI is InChI=1S/C17H20/c1-5-7-12-15(11-6-2)17(3,4)16-13-9-8-10-14-16/h5-14H,1-2H2,3-4H3/b12-7-,15-11+. The lowest BCUT2D eigenvalue weighted by Crippen LogP contribution is -2.19. The third-order valence-electron chi connectivity index (χ3n) is 2.93. The summed E-state index contributed by atoms with van der Waals surface area (Å²) in [6, 6.07) is 10.5. The van der Waals surface area contributed by atoms with Crippen molar-refractivity contribution >= 4 is 0 Å². The van der Waals surface area contributed by atoms with Gasteiger partial charge in [0.2, 0.25) is 0 Å². The molecule has 0 heterocycles. The van der Waals surface area contributed by atoms with E-state index < -0.39 is 0 Å². The Morgan fingerprint density at radius 3 is 2.24 bits per heavy atom. The zero-order valence-electron chi connectivity index (χ0n) is 10.7. The van der Waals surface area contributed by atoms with Gasteiger partial charge in [0.05, 0.1) is 0 Å². The van der Waals surface area contributed by atoms with Crippen molar-refractivity contribution in [1.29, 1.82) is 0 Å². The van der Waals surface area contributed by atoms with Crippen LogP contribution in [0.25, 0.3) is 0 Å². The third-order valence-corrected chi connectivity index (χ3v) is 2.93. The molecule has 0 nitrogen and oxygen atoms in total. The Morgan fingerprint density at radius 1 is 1.06 bits per heavy atom. The molecule has 1 rings (SSSR count). The van der Waals surface area contributed by atoms with E-state index in [4.69, 9.17) is 0 Å². The second-order valence-electron chi connectivity index (χ2n) is 4.44. The Labute approximate surface area is 105 Å². The van der Waals surface area contributed by atoms with Crippen molar-refractivity contribution in [2.45, 2.75) is 19.3 Å².